The molecule has 5 rings (SSSR count). The van der Waals surface area contributed by atoms with E-state index in [4.69, 9.17) is 16.3 Å². The molecule has 3 heterocycles. The molecule has 1 unspecified atom stereocenters. The van der Waals surface area contributed by atoms with Gasteiger partial charge in [-0.2, -0.15) is 0 Å². The summed E-state index contributed by atoms with van der Waals surface area (Å²) in [5, 5.41) is 5.09. The predicted octanol–water partition coefficient (Wildman–Crippen LogP) is 6.11. The highest BCUT2D eigenvalue weighted by molar-refractivity contribution is 7.15. The van der Waals surface area contributed by atoms with Crippen LogP contribution in [0.15, 0.2) is 42.6 Å². The van der Waals surface area contributed by atoms with Gasteiger partial charge in [-0.25, -0.2) is 4.79 Å². The topological polar surface area (TPSA) is 46.5 Å². The van der Waals surface area contributed by atoms with Crippen molar-refractivity contribution < 1.29 is 9.53 Å². The van der Waals surface area contributed by atoms with Gasteiger partial charge in [0.15, 0.2) is 0 Å². The van der Waals surface area contributed by atoms with E-state index in [1.54, 1.807) is 0 Å². The maximum atomic E-state index is 13.6. The van der Waals surface area contributed by atoms with Crippen LogP contribution in [0.4, 0.5) is 4.79 Å². The average molecular weight is 484 g/mol. The number of thiophene rings is 1. The van der Waals surface area contributed by atoms with E-state index in [-0.39, 0.29) is 12.1 Å². The van der Waals surface area contributed by atoms with Crippen molar-refractivity contribution in [3.8, 4) is 5.00 Å². The maximum Gasteiger partial charge on any atom is 0.318 e. The van der Waals surface area contributed by atoms with Crippen LogP contribution in [0.1, 0.15) is 59.5 Å². The number of nitrogens with one attached hydrogen (secondary N) is 1. The van der Waals surface area contributed by atoms with Crippen LogP contribution in [0.2, 0.25) is 5.02 Å². The van der Waals surface area contributed by atoms with Gasteiger partial charge in [-0.3, -0.25) is 0 Å². The molecule has 33 heavy (non-hydrogen) atoms. The fourth-order valence-corrected chi connectivity index (χ4v) is 6.63. The summed E-state index contributed by atoms with van der Waals surface area (Å²) in [6.07, 6.45) is 7.65. The molecule has 0 bridgehead atoms. The normalized spacial score (nSPS) is 17.2. The first kappa shape index (κ1) is 22.5. The summed E-state index contributed by atoms with van der Waals surface area (Å²) in [7, 11) is 0. The van der Waals surface area contributed by atoms with Crippen LogP contribution in [0.25, 0.3) is 5.00 Å². The number of carbonyl (C=O) groups is 1. The first-order valence-corrected chi connectivity index (χ1v) is 13.1. The monoisotopic (exact) mass is 483 g/mol. The summed E-state index contributed by atoms with van der Waals surface area (Å²) in [5.41, 5.74) is 4.89. The number of aromatic nitrogens is 1. The smallest absolute Gasteiger partial charge is 0.318 e. The number of benzene rings is 1. The maximum absolute atomic E-state index is 13.6. The summed E-state index contributed by atoms with van der Waals surface area (Å²) < 4.78 is 7.74. The number of nitrogens with zero attached hydrogens (tertiary/aromatic N) is 2. The number of ether oxygens (including phenoxy) is 1. The van der Waals surface area contributed by atoms with E-state index < -0.39 is 0 Å². The molecule has 2 aliphatic rings. The number of urea groups is 1. The molecule has 0 saturated heterocycles. The van der Waals surface area contributed by atoms with Gasteiger partial charge in [0.25, 0.3) is 0 Å². The third-order valence-electron chi connectivity index (χ3n) is 6.55. The quantitative estimate of drug-likeness (QED) is 0.430. The minimum Gasteiger partial charge on any atom is -0.382 e. The highest BCUT2D eigenvalue weighted by Crippen LogP contribution is 2.44. The summed E-state index contributed by atoms with van der Waals surface area (Å²) in [4.78, 5) is 17.1. The number of amides is 2. The molecule has 3 aromatic rings. The van der Waals surface area contributed by atoms with Crippen molar-refractivity contribution in [1.29, 1.82) is 0 Å². The lowest BCUT2D eigenvalue weighted by Crippen LogP contribution is -2.42. The molecule has 1 N–H and O–H groups in total. The van der Waals surface area contributed by atoms with Gasteiger partial charge < -0.3 is 19.5 Å². The molecule has 2 aromatic heterocycles. The molecule has 2 amide bonds. The van der Waals surface area contributed by atoms with E-state index in [0.717, 1.165) is 30.5 Å². The summed E-state index contributed by atoms with van der Waals surface area (Å²) in [6.45, 7) is 4.52. The van der Waals surface area contributed by atoms with Gasteiger partial charge in [0, 0.05) is 41.4 Å². The Kier molecular flexibility index (Phi) is 6.76. The highest BCUT2D eigenvalue weighted by Gasteiger charge is 2.36. The van der Waals surface area contributed by atoms with E-state index in [1.807, 2.05) is 41.4 Å². The largest absolute Gasteiger partial charge is 0.382 e. The number of aryl methyl sites for hydroxylation is 1. The first-order valence-electron chi connectivity index (χ1n) is 11.9. The second kappa shape index (κ2) is 9.92. The Morgan fingerprint density at radius 3 is 2.94 bits per heavy atom. The lowest BCUT2D eigenvalue weighted by Gasteiger charge is -2.31. The van der Waals surface area contributed by atoms with Crippen LogP contribution >= 0.6 is 22.9 Å². The average Bonchev–Trinajstić information content (AvgIpc) is 3.40. The summed E-state index contributed by atoms with van der Waals surface area (Å²) in [5.74, 6) is 0. The lowest BCUT2D eigenvalue weighted by atomic mass is 9.95. The molecule has 174 valence electrons. The summed E-state index contributed by atoms with van der Waals surface area (Å²) >= 11 is 8.29. The molecule has 1 atom stereocenters. The minimum absolute atomic E-state index is 0.0483. The fraction of sp³-hybridized carbons (Fsp3) is 0.423. The van der Waals surface area contributed by atoms with Crippen molar-refractivity contribution >= 4 is 29.0 Å². The standard InChI is InChI=1S/C26H30ClN3O2S/c1-2-32-15-7-13-28-26(31)30-17-21-20-10-3-4-12-23(20)33-25(21)29-14-6-11-22(29)24(30)18-8-5-9-19(27)16-18/h5-6,8-9,11,14,16,24H,2-4,7,10,12-13,15,17H2,1H3,(H,28,31). The number of carbonyl (C=O) groups excluding carboxylic acids is 1. The SMILES string of the molecule is CCOCCCNC(=O)N1Cc2c(sc3c2CCCC3)-n2cccc2C1c1cccc(Cl)c1. The lowest BCUT2D eigenvalue weighted by molar-refractivity contribution is 0.143. The fourth-order valence-electron chi connectivity index (χ4n) is 5.03. The minimum atomic E-state index is -0.218. The molecule has 0 radical (unpaired) electrons. The molecule has 0 fully saturated rings. The Morgan fingerprint density at radius 2 is 2.09 bits per heavy atom. The first-order chi connectivity index (χ1) is 16.2. The van der Waals surface area contributed by atoms with Gasteiger partial charge in [0.1, 0.15) is 5.00 Å². The van der Waals surface area contributed by atoms with Crippen molar-refractivity contribution in [2.45, 2.75) is 51.6 Å². The van der Waals surface area contributed by atoms with Crippen molar-refractivity contribution in [3.05, 3.63) is 74.9 Å². The Morgan fingerprint density at radius 1 is 1.21 bits per heavy atom. The second-order valence-corrected chi connectivity index (χ2v) is 10.2. The van der Waals surface area contributed by atoms with Gasteiger partial charge in [0.2, 0.25) is 0 Å². The Bertz CT molecular complexity index is 1140. The molecular weight excluding hydrogens is 454 g/mol. The zero-order valence-corrected chi connectivity index (χ0v) is 20.6. The second-order valence-electron chi connectivity index (χ2n) is 8.67. The van der Waals surface area contributed by atoms with Crippen LogP contribution in [0.3, 0.4) is 0 Å². The Labute approximate surface area is 204 Å². The van der Waals surface area contributed by atoms with Crippen molar-refractivity contribution in [2.24, 2.45) is 0 Å². The number of hydrogen-bond donors (Lipinski definition) is 1. The number of fused-ring (bicyclic) bond motifs is 5. The molecule has 1 aliphatic heterocycles. The highest BCUT2D eigenvalue weighted by atomic mass is 35.5. The van der Waals surface area contributed by atoms with Gasteiger partial charge in [-0.15, -0.1) is 11.3 Å². The Hall–Kier alpha value is -2.28. The molecule has 5 nitrogen and oxygen atoms in total. The van der Waals surface area contributed by atoms with Crippen LogP contribution in [-0.2, 0) is 24.1 Å². The zero-order chi connectivity index (χ0) is 22.8. The van der Waals surface area contributed by atoms with E-state index in [0.29, 0.717) is 31.3 Å². The number of halogens is 1. The number of rotatable bonds is 6. The van der Waals surface area contributed by atoms with E-state index in [2.05, 4.69) is 34.3 Å². The zero-order valence-electron chi connectivity index (χ0n) is 19.0. The van der Waals surface area contributed by atoms with Crippen LogP contribution < -0.4 is 5.32 Å². The number of hydrogen-bond acceptors (Lipinski definition) is 3. The van der Waals surface area contributed by atoms with Crippen molar-refractivity contribution in [1.82, 2.24) is 14.8 Å². The van der Waals surface area contributed by atoms with Crippen LogP contribution in [0, 0.1) is 0 Å². The molecule has 0 spiro atoms. The molecular formula is C26H30ClN3O2S. The molecule has 1 aliphatic carbocycles. The van der Waals surface area contributed by atoms with Crippen molar-refractivity contribution in [2.75, 3.05) is 19.8 Å². The molecule has 1 aromatic carbocycles. The van der Waals surface area contributed by atoms with Gasteiger partial charge in [0.05, 0.1) is 18.3 Å². The van der Waals surface area contributed by atoms with Crippen LogP contribution in [-0.4, -0.2) is 35.3 Å². The molecule has 7 heteroatoms. The van der Waals surface area contributed by atoms with Gasteiger partial charge in [-0.1, -0.05) is 23.7 Å². The van der Waals surface area contributed by atoms with Crippen LogP contribution in [0.5, 0.6) is 0 Å². The molecule has 0 saturated carbocycles. The third-order valence-corrected chi connectivity index (χ3v) is 8.12. The third kappa shape index (κ3) is 4.44. The van der Waals surface area contributed by atoms with Gasteiger partial charge >= 0.3 is 6.03 Å². The van der Waals surface area contributed by atoms with E-state index in [1.165, 1.54) is 33.8 Å². The van der Waals surface area contributed by atoms with E-state index in [9.17, 15) is 4.79 Å². The van der Waals surface area contributed by atoms with E-state index >= 15 is 0 Å². The van der Waals surface area contributed by atoms with Crippen molar-refractivity contribution in [3.63, 3.8) is 0 Å². The predicted molar refractivity (Wildman–Crippen MR) is 134 cm³/mol. The van der Waals surface area contributed by atoms with Gasteiger partial charge in [-0.05, 0) is 74.4 Å². The Balaban J connectivity index is 1.55. The summed E-state index contributed by atoms with van der Waals surface area (Å²) in [6, 6.07) is 11.8.